The number of rotatable bonds is 2. The fourth-order valence-electron chi connectivity index (χ4n) is 6.81. The third-order valence-electron chi connectivity index (χ3n) is 8.59. The van der Waals surface area contributed by atoms with E-state index in [-0.39, 0.29) is 5.41 Å². The van der Waals surface area contributed by atoms with E-state index in [2.05, 4.69) is 110 Å². The number of hydrogen-bond donors (Lipinski definition) is 1. The molecule has 7 aromatic carbocycles. The monoisotopic (exact) mass is 472 g/mol. The molecule has 0 aromatic heterocycles. The minimum Gasteiger partial charge on any atom is -0.507 e. The Morgan fingerprint density at radius 2 is 1.19 bits per heavy atom. The minimum atomic E-state index is -0.228. The summed E-state index contributed by atoms with van der Waals surface area (Å²) >= 11 is 0. The first-order chi connectivity index (χ1) is 18.1. The highest BCUT2D eigenvalue weighted by atomic mass is 16.3. The molecular formula is C36H24O. The number of fused-ring (bicyclic) bond motifs is 3. The standard InChI is InChI=1S/C36H24O/c1-36(31-14-4-2-11-26(31)27-12-3-5-15-32(27)36)25-10-6-9-23(20-25)30-21-24-17-19-33(37)29-18-16-22-8-7-13-28(30)34(22)35(24)29/h2-21,37H,1H3. The zero-order valence-electron chi connectivity index (χ0n) is 20.5. The first-order valence-corrected chi connectivity index (χ1v) is 12.8. The molecule has 0 saturated heterocycles. The first-order valence-electron chi connectivity index (χ1n) is 12.8. The van der Waals surface area contributed by atoms with Crippen LogP contribution in [-0.2, 0) is 5.41 Å². The predicted molar refractivity (Wildman–Crippen MR) is 155 cm³/mol. The van der Waals surface area contributed by atoms with Crippen molar-refractivity contribution in [3.8, 4) is 28.0 Å². The lowest BCUT2D eigenvalue weighted by Crippen LogP contribution is -2.22. The summed E-state index contributed by atoms with van der Waals surface area (Å²) in [6.45, 7) is 2.37. The van der Waals surface area contributed by atoms with Crippen LogP contribution in [0, 0.1) is 0 Å². The molecule has 0 radical (unpaired) electrons. The molecule has 7 aromatic rings. The van der Waals surface area contributed by atoms with E-state index in [9.17, 15) is 5.11 Å². The van der Waals surface area contributed by atoms with Crippen molar-refractivity contribution in [2.24, 2.45) is 0 Å². The molecule has 1 aliphatic carbocycles. The largest absolute Gasteiger partial charge is 0.507 e. The highest BCUT2D eigenvalue weighted by Crippen LogP contribution is 2.52. The number of hydrogen-bond acceptors (Lipinski definition) is 1. The van der Waals surface area contributed by atoms with Gasteiger partial charge in [-0.3, -0.25) is 0 Å². The third-order valence-corrected chi connectivity index (χ3v) is 8.59. The average molecular weight is 473 g/mol. The smallest absolute Gasteiger partial charge is 0.123 e. The zero-order valence-corrected chi connectivity index (χ0v) is 20.5. The normalized spacial score (nSPS) is 13.9. The van der Waals surface area contributed by atoms with Gasteiger partial charge < -0.3 is 5.11 Å². The molecule has 0 aliphatic heterocycles. The molecule has 1 N–H and O–H groups in total. The lowest BCUT2D eigenvalue weighted by Gasteiger charge is -2.29. The van der Waals surface area contributed by atoms with Gasteiger partial charge in [0.1, 0.15) is 5.75 Å². The Hall–Kier alpha value is -4.62. The maximum atomic E-state index is 10.6. The number of benzene rings is 7. The molecule has 0 fully saturated rings. The topological polar surface area (TPSA) is 20.2 Å². The molecule has 174 valence electrons. The Kier molecular flexibility index (Phi) is 4.01. The van der Waals surface area contributed by atoms with Crippen molar-refractivity contribution in [2.75, 3.05) is 0 Å². The Morgan fingerprint density at radius 1 is 0.514 bits per heavy atom. The van der Waals surface area contributed by atoms with Crippen LogP contribution >= 0.6 is 0 Å². The SMILES string of the molecule is CC1(c2cccc(-c3cc4ccc(O)c5ccc6cccc3c6c45)c2)c2ccccc2-c2ccccc21. The van der Waals surface area contributed by atoms with E-state index >= 15 is 0 Å². The third kappa shape index (κ3) is 2.64. The van der Waals surface area contributed by atoms with Gasteiger partial charge in [-0.25, -0.2) is 0 Å². The van der Waals surface area contributed by atoms with E-state index in [1.54, 1.807) is 0 Å². The second kappa shape index (κ2) is 7.21. The van der Waals surface area contributed by atoms with Gasteiger partial charge in [-0.2, -0.15) is 0 Å². The van der Waals surface area contributed by atoms with Gasteiger partial charge in [-0.15, -0.1) is 0 Å². The summed E-state index contributed by atoms with van der Waals surface area (Å²) in [5.74, 6) is 0.334. The van der Waals surface area contributed by atoms with Crippen molar-refractivity contribution in [3.63, 3.8) is 0 Å². The van der Waals surface area contributed by atoms with Crippen molar-refractivity contribution in [2.45, 2.75) is 12.3 Å². The van der Waals surface area contributed by atoms with Crippen LogP contribution in [0.15, 0.2) is 121 Å². The highest BCUT2D eigenvalue weighted by molar-refractivity contribution is 6.27. The summed E-state index contributed by atoms with van der Waals surface area (Å²) < 4.78 is 0. The molecule has 0 amide bonds. The molecule has 8 rings (SSSR count). The zero-order chi connectivity index (χ0) is 24.7. The van der Waals surface area contributed by atoms with E-state index in [0.29, 0.717) is 5.75 Å². The number of phenols is 1. The molecule has 0 spiro atoms. The molecule has 0 unspecified atom stereocenters. The Bertz CT molecular complexity index is 1970. The summed E-state index contributed by atoms with van der Waals surface area (Å²) in [4.78, 5) is 0. The fourth-order valence-corrected chi connectivity index (χ4v) is 6.81. The van der Waals surface area contributed by atoms with E-state index in [0.717, 1.165) is 16.2 Å². The molecular weight excluding hydrogens is 448 g/mol. The van der Waals surface area contributed by atoms with Gasteiger partial charge in [0.25, 0.3) is 0 Å². The van der Waals surface area contributed by atoms with Crippen LogP contribution in [0.5, 0.6) is 5.75 Å². The van der Waals surface area contributed by atoms with Gasteiger partial charge >= 0.3 is 0 Å². The molecule has 0 bridgehead atoms. The first kappa shape index (κ1) is 20.6. The average Bonchev–Trinajstić information content (AvgIpc) is 3.22. The summed E-state index contributed by atoms with van der Waals surface area (Å²) in [7, 11) is 0. The second-order valence-electron chi connectivity index (χ2n) is 10.4. The molecule has 0 heterocycles. The second-order valence-corrected chi connectivity index (χ2v) is 10.4. The number of aromatic hydroxyl groups is 1. The molecule has 0 atom stereocenters. The highest BCUT2D eigenvalue weighted by Gasteiger charge is 2.40. The lowest BCUT2D eigenvalue weighted by atomic mass is 9.73. The predicted octanol–water partition coefficient (Wildman–Crippen LogP) is 9.29. The van der Waals surface area contributed by atoms with Gasteiger partial charge in [0, 0.05) is 16.2 Å². The van der Waals surface area contributed by atoms with Crippen LogP contribution in [-0.4, -0.2) is 5.11 Å². The molecule has 1 nitrogen and oxygen atoms in total. The maximum absolute atomic E-state index is 10.6. The van der Waals surface area contributed by atoms with Crippen LogP contribution in [0.2, 0.25) is 0 Å². The van der Waals surface area contributed by atoms with Gasteiger partial charge in [0.2, 0.25) is 0 Å². The van der Waals surface area contributed by atoms with Crippen molar-refractivity contribution >= 4 is 32.3 Å². The minimum absolute atomic E-state index is 0.228. The molecule has 1 aliphatic rings. The summed E-state index contributed by atoms with van der Waals surface area (Å²) in [6, 6.07) is 43.6. The van der Waals surface area contributed by atoms with Crippen LogP contribution < -0.4 is 0 Å². The van der Waals surface area contributed by atoms with Gasteiger partial charge in [0.15, 0.2) is 0 Å². The van der Waals surface area contributed by atoms with Gasteiger partial charge in [-0.05, 0) is 85.6 Å². The van der Waals surface area contributed by atoms with E-state index in [4.69, 9.17) is 0 Å². The van der Waals surface area contributed by atoms with E-state index in [1.807, 2.05) is 18.2 Å². The van der Waals surface area contributed by atoms with Crippen molar-refractivity contribution < 1.29 is 5.11 Å². The summed E-state index contributed by atoms with van der Waals surface area (Å²) in [5.41, 5.74) is 8.88. The quantitative estimate of drug-likeness (QED) is 0.249. The van der Waals surface area contributed by atoms with Crippen LogP contribution in [0.4, 0.5) is 0 Å². The molecule has 0 saturated carbocycles. The Balaban J connectivity index is 1.42. The van der Waals surface area contributed by atoms with Crippen molar-refractivity contribution in [1.82, 2.24) is 0 Å². The van der Waals surface area contributed by atoms with Crippen LogP contribution in [0.3, 0.4) is 0 Å². The molecule has 37 heavy (non-hydrogen) atoms. The van der Waals surface area contributed by atoms with Gasteiger partial charge in [0.05, 0.1) is 0 Å². The Labute approximate surface area is 215 Å². The summed E-state index contributed by atoms with van der Waals surface area (Å²) in [5, 5.41) is 17.4. The van der Waals surface area contributed by atoms with E-state index < -0.39 is 0 Å². The fraction of sp³-hybridized carbons (Fsp3) is 0.0556. The lowest BCUT2D eigenvalue weighted by molar-refractivity contribution is 0.482. The van der Waals surface area contributed by atoms with Crippen LogP contribution in [0.1, 0.15) is 23.6 Å². The van der Waals surface area contributed by atoms with Gasteiger partial charge in [-0.1, -0.05) is 103 Å². The molecule has 1 heteroatoms. The maximum Gasteiger partial charge on any atom is 0.123 e. The van der Waals surface area contributed by atoms with E-state index in [1.165, 1.54) is 55.1 Å². The number of phenolic OH excluding ortho intramolecular Hbond substituents is 1. The van der Waals surface area contributed by atoms with Crippen molar-refractivity contribution in [3.05, 3.63) is 138 Å². The summed E-state index contributed by atoms with van der Waals surface area (Å²) in [6.07, 6.45) is 0. The van der Waals surface area contributed by atoms with Crippen LogP contribution in [0.25, 0.3) is 54.6 Å². The van der Waals surface area contributed by atoms with Crippen molar-refractivity contribution in [1.29, 1.82) is 0 Å². The Morgan fingerprint density at radius 3 is 1.97 bits per heavy atom.